The number of aromatic nitrogens is 1. The van der Waals surface area contributed by atoms with E-state index in [2.05, 4.69) is 39.5 Å². The van der Waals surface area contributed by atoms with Crippen molar-refractivity contribution >= 4 is 29.0 Å². The molecule has 3 aromatic rings. The maximum absolute atomic E-state index is 12.5. The number of carbonyl (C=O) groups is 2. The third-order valence-corrected chi connectivity index (χ3v) is 5.58. The fourth-order valence-electron chi connectivity index (χ4n) is 3.44. The highest BCUT2D eigenvalue weighted by atomic mass is 32.1. The molecule has 0 atom stereocenters. The van der Waals surface area contributed by atoms with Gasteiger partial charge in [0.25, 0.3) is 5.19 Å². The van der Waals surface area contributed by atoms with E-state index in [-0.39, 0.29) is 17.6 Å². The van der Waals surface area contributed by atoms with Crippen LogP contribution in [0.4, 0.5) is 10.5 Å². The lowest BCUT2D eigenvalue weighted by Gasteiger charge is -2.37. The fourth-order valence-corrected chi connectivity index (χ4v) is 3.93. The predicted molar refractivity (Wildman–Crippen MR) is 117 cm³/mol. The number of amides is 2. The summed E-state index contributed by atoms with van der Waals surface area (Å²) in [6.45, 7) is 2.58. The lowest BCUT2D eigenvalue weighted by molar-refractivity contribution is -0.130. The third kappa shape index (κ3) is 4.77. The van der Waals surface area contributed by atoms with Gasteiger partial charge >= 0.3 is 6.09 Å². The van der Waals surface area contributed by atoms with Crippen LogP contribution >= 0.6 is 11.3 Å². The van der Waals surface area contributed by atoms with E-state index in [0.717, 1.165) is 13.1 Å². The first-order chi connectivity index (χ1) is 14.7. The summed E-state index contributed by atoms with van der Waals surface area (Å²) in [6, 6.07) is 18.6. The van der Waals surface area contributed by atoms with E-state index < -0.39 is 6.09 Å². The van der Waals surface area contributed by atoms with Gasteiger partial charge in [-0.2, -0.15) is 0 Å². The van der Waals surface area contributed by atoms with Crippen molar-refractivity contribution in [2.75, 3.05) is 37.6 Å². The zero-order chi connectivity index (χ0) is 20.8. The molecular formula is C22H22N4O3S. The standard InChI is InChI=1S/C22H22N4O3S/c27-20(16-24-21(28)29-22-23-10-15-30-22)26-13-11-25(12-14-26)19-9-5-4-8-18(19)17-6-2-1-3-7-17/h1-10,15H,11-14,16H2,(H,24,28). The summed E-state index contributed by atoms with van der Waals surface area (Å²) in [5, 5.41) is 4.46. The summed E-state index contributed by atoms with van der Waals surface area (Å²) in [6.07, 6.45) is 0.877. The number of carbonyl (C=O) groups excluding carboxylic acids is 2. The number of piperazine rings is 1. The van der Waals surface area contributed by atoms with Gasteiger partial charge in [-0.05, 0) is 11.6 Å². The zero-order valence-corrected chi connectivity index (χ0v) is 17.2. The van der Waals surface area contributed by atoms with E-state index >= 15 is 0 Å². The molecule has 1 N–H and O–H groups in total. The van der Waals surface area contributed by atoms with Gasteiger partial charge in [0, 0.05) is 49.0 Å². The van der Waals surface area contributed by atoms with Crippen LogP contribution in [0.2, 0.25) is 0 Å². The summed E-state index contributed by atoms with van der Waals surface area (Å²) in [4.78, 5) is 32.2. The smallest absolute Gasteiger partial charge is 0.381 e. The first kappa shape index (κ1) is 19.9. The molecule has 30 heavy (non-hydrogen) atoms. The average Bonchev–Trinajstić information content (AvgIpc) is 3.31. The Morgan fingerprint density at radius 3 is 2.47 bits per heavy atom. The van der Waals surface area contributed by atoms with Crippen molar-refractivity contribution in [3.8, 4) is 16.3 Å². The summed E-state index contributed by atoms with van der Waals surface area (Å²) >= 11 is 1.22. The molecule has 0 bridgehead atoms. The molecule has 1 fully saturated rings. The van der Waals surface area contributed by atoms with Gasteiger partial charge < -0.3 is 19.9 Å². The SMILES string of the molecule is O=C(NCC(=O)N1CCN(c2ccccc2-c2ccccc2)CC1)Oc1nccs1. The molecule has 0 unspecified atom stereocenters. The van der Waals surface area contributed by atoms with Crippen LogP contribution < -0.4 is 15.0 Å². The average molecular weight is 423 g/mol. The Bertz CT molecular complexity index is 987. The van der Waals surface area contributed by atoms with E-state index in [4.69, 9.17) is 4.74 Å². The molecule has 4 rings (SSSR count). The number of para-hydroxylation sites is 1. The largest absolute Gasteiger partial charge is 0.414 e. The second-order valence-corrected chi connectivity index (χ2v) is 7.65. The van der Waals surface area contributed by atoms with Gasteiger partial charge in [-0.1, -0.05) is 59.9 Å². The number of nitrogens with one attached hydrogen (secondary N) is 1. The highest BCUT2D eigenvalue weighted by Crippen LogP contribution is 2.31. The molecule has 0 radical (unpaired) electrons. The number of ether oxygens (including phenoxy) is 1. The van der Waals surface area contributed by atoms with Gasteiger partial charge in [-0.25, -0.2) is 9.78 Å². The molecule has 2 amide bonds. The van der Waals surface area contributed by atoms with Crippen LogP contribution in [0.5, 0.6) is 5.19 Å². The number of benzene rings is 2. The Hall–Kier alpha value is -3.39. The van der Waals surface area contributed by atoms with E-state index in [1.165, 1.54) is 28.2 Å². The summed E-state index contributed by atoms with van der Waals surface area (Å²) in [7, 11) is 0. The second kappa shape index (κ2) is 9.41. The van der Waals surface area contributed by atoms with E-state index in [0.29, 0.717) is 13.1 Å². The van der Waals surface area contributed by atoms with Gasteiger partial charge in [0.05, 0.1) is 0 Å². The highest BCUT2D eigenvalue weighted by molar-refractivity contribution is 7.11. The number of anilines is 1. The Kier molecular flexibility index (Phi) is 6.24. The molecule has 7 nitrogen and oxygen atoms in total. The Morgan fingerprint density at radius 1 is 1.00 bits per heavy atom. The van der Waals surface area contributed by atoms with Gasteiger partial charge in [0.1, 0.15) is 6.54 Å². The van der Waals surface area contributed by atoms with E-state index in [9.17, 15) is 9.59 Å². The summed E-state index contributed by atoms with van der Waals surface area (Å²) < 4.78 is 5.00. The quantitative estimate of drug-likeness (QED) is 0.683. The molecule has 1 aromatic heterocycles. The third-order valence-electron chi connectivity index (χ3n) is 4.94. The molecule has 2 aromatic carbocycles. The predicted octanol–water partition coefficient (Wildman–Crippen LogP) is 3.25. The Morgan fingerprint density at radius 2 is 1.73 bits per heavy atom. The number of rotatable bonds is 5. The minimum atomic E-state index is -0.672. The number of thiazole rings is 1. The molecule has 0 saturated carbocycles. The van der Waals surface area contributed by atoms with Crippen LogP contribution in [-0.4, -0.2) is 54.6 Å². The van der Waals surface area contributed by atoms with Crippen molar-refractivity contribution in [3.05, 3.63) is 66.2 Å². The van der Waals surface area contributed by atoms with Crippen LogP contribution in [0.15, 0.2) is 66.2 Å². The first-order valence-corrected chi connectivity index (χ1v) is 10.6. The second-order valence-electron chi connectivity index (χ2n) is 6.79. The summed E-state index contributed by atoms with van der Waals surface area (Å²) in [5.74, 6) is -0.123. The van der Waals surface area contributed by atoms with Crippen molar-refractivity contribution < 1.29 is 14.3 Å². The van der Waals surface area contributed by atoms with Crippen LogP contribution in [-0.2, 0) is 4.79 Å². The Balaban J connectivity index is 1.31. The minimum Gasteiger partial charge on any atom is -0.381 e. The molecular weight excluding hydrogens is 400 g/mol. The first-order valence-electron chi connectivity index (χ1n) is 9.73. The van der Waals surface area contributed by atoms with Gasteiger partial charge in [-0.3, -0.25) is 4.79 Å². The van der Waals surface area contributed by atoms with Gasteiger partial charge in [0.2, 0.25) is 5.91 Å². The highest BCUT2D eigenvalue weighted by Gasteiger charge is 2.23. The molecule has 1 aliphatic rings. The van der Waals surface area contributed by atoms with Crippen LogP contribution in [0, 0.1) is 0 Å². The molecule has 2 heterocycles. The van der Waals surface area contributed by atoms with Crippen molar-refractivity contribution in [1.29, 1.82) is 0 Å². The maximum Gasteiger partial charge on any atom is 0.414 e. The van der Waals surface area contributed by atoms with Crippen molar-refractivity contribution in [2.24, 2.45) is 0 Å². The topological polar surface area (TPSA) is 74.8 Å². The van der Waals surface area contributed by atoms with Crippen LogP contribution in [0.3, 0.4) is 0 Å². The van der Waals surface area contributed by atoms with E-state index in [1.54, 1.807) is 16.5 Å². The summed E-state index contributed by atoms with van der Waals surface area (Å²) in [5.41, 5.74) is 3.53. The number of hydrogen-bond acceptors (Lipinski definition) is 6. The minimum absolute atomic E-state index is 0.0924. The fraction of sp³-hybridized carbons (Fsp3) is 0.227. The van der Waals surface area contributed by atoms with Crippen LogP contribution in [0.25, 0.3) is 11.1 Å². The molecule has 1 saturated heterocycles. The van der Waals surface area contributed by atoms with Crippen molar-refractivity contribution in [1.82, 2.24) is 15.2 Å². The van der Waals surface area contributed by atoms with Crippen molar-refractivity contribution in [3.63, 3.8) is 0 Å². The number of nitrogens with zero attached hydrogens (tertiary/aromatic N) is 3. The molecule has 1 aliphatic heterocycles. The molecule has 8 heteroatoms. The lowest BCUT2D eigenvalue weighted by Crippen LogP contribution is -2.51. The lowest BCUT2D eigenvalue weighted by atomic mass is 10.0. The van der Waals surface area contributed by atoms with Crippen molar-refractivity contribution in [2.45, 2.75) is 0 Å². The van der Waals surface area contributed by atoms with E-state index in [1.807, 2.05) is 30.3 Å². The Labute approximate surface area is 178 Å². The molecule has 154 valence electrons. The molecule has 0 spiro atoms. The van der Waals surface area contributed by atoms with Gasteiger partial charge in [0.15, 0.2) is 0 Å². The maximum atomic E-state index is 12.5. The van der Waals surface area contributed by atoms with Crippen LogP contribution in [0.1, 0.15) is 0 Å². The van der Waals surface area contributed by atoms with Gasteiger partial charge in [-0.15, -0.1) is 0 Å². The molecule has 0 aliphatic carbocycles. The normalized spacial score (nSPS) is 13.7. The number of hydrogen-bond donors (Lipinski definition) is 1. The monoisotopic (exact) mass is 422 g/mol. The zero-order valence-electron chi connectivity index (χ0n) is 16.4.